The highest BCUT2D eigenvalue weighted by Crippen LogP contribution is 2.39. The topological polar surface area (TPSA) is 50.7 Å². The molecular formula is C18H23FN2O2. The lowest BCUT2D eigenvalue weighted by Crippen LogP contribution is -2.31. The van der Waals surface area contributed by atoms with Gasteiger partial charge in [-0.05, 0) is 49.7 Å². The van der Waals surface area contributed by atoms with Crippen LogP contribution in [0.25, 0.3) is 0 Å². The van der Waals surface area contributed by atoms with Crippen LogP contribution >= 0.6 is 0 Å². The zero-order chi connectivity index (χ0) is 16.1. The summed E-state index contributed by atoms with van der Waals surface area (Å²) in [5.74, 6) is 0.845. The number of benzene rings is 1. The maximum absolute atomic E-state index is 13.4. The molecule has 1 aromatic carbocycles. The summed E-state index contributed by atoms with van der Waals surface area (Å²) < 4.78 is 18.6. The third-order valence-corrected chi connectivity index (χ3v) is 4.90. The van der Waals surface area contributed by atoms with E-state index in [4.69, 9.17) is 4.74 Å². The molecule has 0 unspecified atom stereocenters. The second-order valence-corrected chi connectivity index (χ2v) is 6.48. The van der Waals surface area contributed by atoms with E-state index in [1.165, 1.54) is 44.2 Å². The molecule has 0 saturated heterocycles. The fraction of sp³-hybridized carbons (Fsp3) is 0.556. The molecule has 2 fully saturated rings. The number of amides is 1. The zero-order valence-corrected chi connectivity index (χ0v) is 13.3. The van der Waals surface area contributed by atoms with Crippen LogP contribution in [-0.2, 0) is 4.79 Å². The van der Waals surface area contributed by atoms with E-state index in [1.807, 2.05) is 0 Å². The molecule has 0 aliphatic heterocycles. The summed E-state index contributed by atoms with van der Waals surface area (Å²) in [5.41, 5.74) is 3.62. The number of fused-ring (bicyclic) bond motifs is 1. The van der Waals surface area contributed by atoms with Gasteiger partial charge in [-0.2, -0.15) is 5.10 Å². The van der Waals surface area contributed by atoms with Crippen molar-refractivity contribution in [2.24, 2.45) is 16.9 Å². The number of hydrazone groups is 1. The average Bonchev–Trinajstić information content (AvgIpc) is 2.59. The van der Waals surface area contributed by atoms with E-state index in [2.05, 4.69) is 10.5 Å². The summed E-state index contributed by atoms with van der Waals surface area (Å²) in [7, 11) is 0. The molecule has 2 aliphatic carbocycles. The highest BCUT2D eigenvalue weighted by molar-refractivity contribution is 5.87. The number of rotatable bonds is 4. The monoisotopic (exact) mass is 318 g/mol. The number of halogens is 1. The Morgan fingerprint density at radius 1 is 1.22 bits per heavy atom. The third kappa shape index (κ3) is 4.30. The summed E-state index contributed by atoms with van der Waals surface area (Å²) in [6.07, 6.45) is 8.46. The van der Waals surface area contributed by atoms with Crippen molar-refractivity contribution < 1.29 is 13.9 Å². The van der Waals surface area contributed by atoms with Crippen LogP contribution in [0.1, 0.15) is 44.9 Å². The van der Waals surface area contributed by atoms with Crippen LogP contribution in [0, 0.1) is 17.7 Å². The molecule has 0 bridgehead atoms. The van der Waals surface area contributed by atoms with Gasteiger partial charge in [-0.25, -0.2) is 9.82 Å². The van der Waals surface area contributed by atoms with Gasteiger partial charge in [-0.3, -0.25) is 4.79 Å². The Morgan fingerprint density at radius 3 is 2.83 bits per heavy atom. The average molecular weight is 318 g/mol. The van der Waals surface area contributed by atoms with Crippen molar-refractivity contribution in [1.29, 1.82) is 0 Å². The second-order valence-electron chi connectivity index (χ2n) is 6.48. The van der Waals surface area contributed by atoms with Crippen LogP contribution in [0.15, 0.2) is 29.4 Å². The highest BCUT2D eigenvalue weighted by atomic mass is 19.1. The molecule has 3 rings (SSSR count). The lowest BCUT2D eigenvalue weighted by Gasteiger charge is -2.35. The van der Waals surface area contributed by atoms with Crippen LogP contribution in [0.5, 0.6) is 5.75 Å². The first-order valence-electron chi connectivity index (χ1n) is 8.44. The van der Waals surface area contributed by atoms with E-state index in [-0.39, 0.29) is 18.3 Å². The normalized spacial score (nSPS) is 25.7. The van der Waals surface area contributed by atoms with Crippen molar-refractivity contribution in [3.8, 4) is 5.75 Å². The van der Waals surface area contributed by atoms with Gasteiger partial charge in [0, 0.05) is 5.71 Å². The summed E-state index contributed by atoms with van der Waals surface area (Å²) in [4.78, 5) is 11.8. The minimum atomic E-state index is -0.470. The van der Waals surface area contributed by atoms with Crippen LogP contribution < -0.4 is 10.2 Å². The molecular weight excluding hydrogens is 295 g/mol. The molecule has 23 heavy (non-hydrogen) atoms. The molecule has 2 saturated carbocycles. The molecule has 2 aliphatic rings. The van der Waals surface area contributed by atoms with E-state index in [0.717, 1.165) is 30.4 Å². The van der Waals surface area contributed by atoms with Crippen LogP contribution in [0.2, 0.25) is 0 Å². The largest absolute Gasteiger partial charge is 0.481 e. The van der Waals surface area contributed by atoms with Crippen molar-refractivity contribution in [1.82, 2.24) is 5.43 Å². The van der Waals surface area contributed by atoms with E-state index >= 15 is 0 Å². The second kappa shape index (κ2) is 7.57. The molecule has 5 heteroatoms. The summed E-state index contributed by atoms with van der Waals surface area (Å²) in [6, 6.07) is 6.05. The van der Waals surface area contributed by atoms with Crippen molar-refractivity contribution in [2.45, 2.75) is 44.9 Å². The smallest absolute Gasteiger partial charge is 0.277 e. The lowest BCUT2D eigenvalue weighted by molar-refractivity contribution is -0.123. The van der Waals surface area contributed by atoms with Gasteiger partial charge in [0.25, 0.3) is 5.91 Å². The fourth-order valence-corrected chi connectivity index (χ4v) is 3.67. The predicted molar refractivity (Wildman–Crippen MR) is 86.8 cm³/mol. The Labute approximate surface area is 136 Å². The molecule has 4 nitrogen and oxygen atoms in total. The quantitative estimate of drug-likeness (QED) is 0.861. The van der Waals surface area contributed by atoms with E-state index in [9.17, 15) is 9.18 Å². The van der Waals surface area contributed by atoms with Crippen LogP contribution in [-0.4, -0.2) is 18.2 Å². The number of hydrogen-bond acceptors (Lipinski definition) is 3. The van der Waals surface area contributed by atoms with Gasteiger partial charge < -0.3 is 4.74 Å². The summed E-state index contributed by atoms with van der Waals surface area (Å²) >= 11 is 0. The maximum Gasteiger partial charge on any atom is 0.277 e. The standard InChI is InChI=1S/C18H23FN2O2/c19-16-7-3-4-8-17(16)23-12-18(22)21-20-15-10-9-13-5-1-2-6-14(13)11-15/h3-4,7-8,13-14H,1-2,5-6,9-12H2,(H,21,22)/b20-15-/t13-,14-/m1/s1. The fourth-order valence-electron chi connectivity index (χ4n) is 3.67. The Kier molecular flexibility index (Phi) is 5.26. The molecule has 124 valence electrons. The molecule has 1 N–H and O–H groups in total. The first-order chi connectivity index (χ1) is 11.2. The van der Waals surface area contributed by atoms with Gasteiger partial charge in [0.05, 0.1) is 0 Å². The Balaban J connectivity index is 1.46. The Morgan fingerprint density at radius 2 is 2.00 bits per heavy atom. The molecule has 1 aromatic rings. The Hall–Kier alpha value is -1.91. The number of ether oxygens (including phenoxy) is 1. The number of nitrogens with one attached hydrogen (secondary N) is 1. The number of hydrogen-bond donors (Lipinski definition) is 1. The molecule has 0 spiro atoms. The maximum atomic E-state index is 13.4. The first-order valence-corrected chi connectivity index (χ1v) is 8.44. The van der Waals surface area contributed by atoms with Crippen molar-refractivity contribution in [3.63, 3.8) is 0 Å². The SMILES string of the molecule is O=C(COc1ccccc1F)N/N=C1/CC[C@H]2CCCC[C@@H]2C1. The van der Waals surface area contributed by atoms with E-state index in [1.54, 1.807) is 12.1 Å². The van der Waals surface area contributed by atoms with E-state index in [0.29, 0.717) is 0 Å². The van der Waals surface area contributed by atoms with Gasteiger partial charge in [-0.1, -0.05) is 31.4 Å². The third-order valence-electron chi connectivity index (χ3n) is 4.90. The van der Waals surface area contributed by atoms with Gasteiger partial charge in [-0.15, -0.1) is 0 Å². The minimum Gasteiger partial charge on any atom is -0.481 e. The van der Waals surface area contributed by atoms with Crippen molar-refractivity contribution in [3.05, 3.63) is 30.1 Å². The van der Waals surface area contributed by atoms with Crippen molar-refractivity contribution in [2.75, 3.05) is 6.61 Å². The number of para-hydroxylation sites is 1. The molecule has 0 heterocycles. The summed E-state index contributed by atoms with van der Waals surface area (Å²) in [6.45, 7) is -0.232. The number of nitrogens with zero attached hydrogens (tertiary/aromatic N) is 1. The van der Waals surface area contributed by atoms with E-state index < -0.39 is 5.82 Å². The minimum absolute atomic E-state index is 0.0815. The number of carbonyl (C=O) groups is 1. The first kappa shape index (κ1) is 16.0. The predicted octanol–water partition coefficient (Wildman–Crippen LogP) is 3.67. The van der Waals surface area contributed by atoms with Gasteiger partial charge >= 0.3 is 0 Å². The zero-order valence-electron chi connectivity index (χ0n) is 13.3. The van der Waals surface area contributed by atoms with Crippen LogP contribution in [0.3, 0.4) is 0 Å². The van der Waals surface area contributed by atoms with Gasteiger partial charge in [0.2, 0.25) is 0 Å². The molecule has 2 atom stereocenters. The van der Waals surface area contributed by atoms with Gasteiger partial charge in [0.15, 0.2) is 18.2 Å². The Bertz CT molecular complexity index is 588. The molecule has 0 radical (unpaired) electrons. The van der Waals surface area contributed by atoms with Crippen molar-refractivity contribution >= 4 is 11.6 Å². The lowest BCUT2D eigenvalue weighted by atomic mass is 9.70. The number of carbonyl (C=O) groups excluding carboxylic acids is 1. The molecule has 1 amide bonds. The van der Waals surface area contributed by atoms with Gasteiger partial charge in [0.1, 0.15) is 0 Å². The highest BCUT2D eigenvalue weighted by Gasteiger charge is 2.30. The summed E-state index contributed by atoms with van der Waals surface area (Å²) in [5, 5.41) is 4.25. The van der Waals surface area contributed by atoms with Crippen LogP contribution in [0.4, 0.5) is 4.39 Å². The molecule has 0 aromatic heterocycles.